The lowest BCUT2D eigenvalue weighted by Gasteiger charge is -2.50. The Bertz CT molecular complexity index is 500. The summed E-state index contributed by atoms with van der Waals surface area (Å²) in [6, 6.07) is 0. The van der Waals surface area contributed by atoms with Crippen LogP contribution < -0.4 is 0 Å². The molecule has 0 aromatic carbocycles. The Morgan fingerprint density at radius 1 is 0.885 bits per heavy atom. The molecule has 3 fully saturated rings. The summed E-state index contributed by atoms with van der Waals surface area (Å²) in [5, 5.41) is 30.6. The number of ketones is 1. The molecule has 8 nitrogen and oxygen atoms in total. The summed E-state index contributed by atoms with van der Waals surface area (Å²) in [7, 11) is 4.48. The molecular weight excluding hydrogens is 344 g/mol. The van der Waals surface area contributed by atoms with Crippen LogP contribution in [0.4, 0.5) is 0 Å². The summed E-state index contributed by atoms with van der Waals surface area (Å²) in [5.74, 6) is -1.03. The molecule has 0 spiro atoms. The number of ether oxygens (including phenoxy) is 4. The van der Waals surface area contributed by atoms with Crippen molar-refractivity contribution in [1.29, 1.82) is 0 Å². The summed E-state index contributed by atoms with van der Waals surface area (Å²) in [6.45, 7) is 0. The summed E-state index contributed by atoms with van der Waals surface area (Å²) >= 11 is 0. The predicted octanol–water partition coefficient (Wildman–Crippen LogP) is -0.729. The van der Waals surface area contributed by atoms with Gasteiger partial charge in [0.05, 0.1) is 42.5 Å². The van der Waals surface area contributed by atoms with Gasteiger partial charge in [0.2, 0.25) is 0 Å². The van der Waals surface area contributed by atoms with Crippen molar-refractivity contribution < 1.29 is 39.1 Å². The van der Waals surface area contributed by atoms with Crippen LogP contribution in [0.15, 0.2) is 0 Å². The molecule has 150 valence electrons. The lowest BCUT2D eigenvalue weighted by Crippen LogP contribution is -2.66. The summed E-state index contributed by atoms with van der Waals surface area (Å²) in [5.41, 5.74) is 0. The first-order valence-electron chi connectivity index (χ1n) is 9.24. The van der Waals surface area contributed by atoms with Crippen molar-refractivity contribution in [3.63, 3.8) is 0 Å². The van der Waals surface area contributed by atoms with E-state index in [1.54, 1.807) is 7.11 Å². The van der Waals surface area contributed by atoms with Crippen LogP contribution in [-0.4, -0.2) is 91.3 Å². The number of methoxy groups -OCH3 is 3. The molecule has 0 amide bonds. The lowest BCUT2D eigenvalue weighted by atomic mass is 9.71. The third-order valence-electron chi connectivity index (χ3n) is 6.27. The normalized spacial score (nSPS) is 49.7. The first-order valence-corrected chi connectivity index (χ1v) is 9.24. The third-order valence-corrected chi connectivity index (χ3v) is 6.27. The number of aliphatic hydroxyl groups excluding tert-OH is 3. The summed E-state index contributed by atoms with van der Waals surface area (Å²) < 4.78 is 22.5. The van der Waals surface area contributed by atoms with E-state index in [2.05, 4.69) is 0 Å². The number of rotatable bonds is 4. The van der Waals surface area contributed by atoms with Crippen LogP contribution in [0.25, 0.3) is 0 Å². The molecule has 1 saturated heterocycles. The number of aliphatic hydroxyl groups is 3. The molecule has 3 N–H and O–H groups in total. The molecule has 1 aliphatic heterocycles. The van der Waals surface area contributed by atoms with Gasteiger partial charge in [-0.25, -0.2) is 0 Å². The van der Waals surface area contributed by atoms with Gasteiger partial charge in [0.25, 0.3) is 0 Å². The Kier molecular flexibility index (Phi) is 6.33. The van der Waals surface area contributed by atoms with Crippen molar-refractivity contribution in [3.05, 3.63) is 0 Å². The van der Waals surface area contributed by atoms with Crippen molar-refractivity contribution in [1.82, 2.24) is 0 Å². The highest BCUT2D eigenvalue weighted by molar-refractivity contribution is 5.88. The maximum absolute atomic E-state index is 13.1. The van der Waals surface area contributed by atoms with Crippen molar-refractivity contribution in [2.45, 2.75) is 74.5 Å². The molecule has 0 radical (unpaired) electrons. The molecular formula is C18H30O8. The van der Waals surface area contributed by atoms with Gasteiger partial charge in [-0.05, 0) is 25.2 Å². The predicted molar refractivity (Wildman–Crippen MR) is 89.5 cm³/mol. The quantitative estimate of drug-likeness (QED) is 0.590. The molecule has 26 heavy (non-hydrogen) atoms. The number of Topliss-reactive ketones (excluding diaryl/α,β-unsaturated/α-hetero) is 1. The molecule has 0 bridgehead atoms. The fourth-order valence-electron chi connectivity index (χ4n) is 4.88. The van der Waals surface area contributed by atoms with Crippen LogP contribution in [0.3, 0.4) is 0 Å². The fourth-order valence-corrected chi connectivity index (χ4v) is 4.88. The Morgan fingerprint density at radius 2 is 1.62 bits per heavy atom. The Hall–Kier alpha value is -0.610. The van der Waals surface area contributed by atoms with E-state index in [0.717, 1.165) is 0 Å². The van der Waals surface area contributed by atoms with Crippen LogP contribution in [0.1, 0.15) is 25.7 Å². The van der Waals surface area contributed by atoms with Crippen molar-refractivity contribution in [3.8, 4) is 0 Å². The monoisotopic (exact) mass is 374 g/mol. The van der Waals surface area contributed by atoms with Gasteiger partial charge in [0.1, 0.15) is 12.2 Å². The number of hydrogen-bond acceptors (Lipinski definition) is 8. The zero-order chi connectivity index (χ0) is 19.0. The van der Waals surface area contributed by atoms with Crippen LogP contribution in [0.5, 0.6) is 0 Å². The van der Waals surface area contributed by atoms with Crippen molar-refractivity contribution in [2.75, 3.05) is 21.3 Å². The topological polar surface area (TPSA) is 115 Å². The highest BCUT2D eigenvalue weighted by atomic mass is 16.6. The van der Waals surface area contributed by atoms with E-state index in [9.17, 15) is 20.1 Å². The van der Waals surface area contributed by atoms with Crippen LogP contribution >= 0.6 is 0 Å². The minimum atomic E-state index is -0.993. The van der Waals surface area contributed by atoms with E-state index in [0.29, 0.717) is 19.3 Å². The molecule has 2 aliphatic carbocycles. The number of hydrogen-bond donors (Lipinski definition) is 3. The van der Waals surface area contributed by atoms with Gasteiger partial charge < -0.3 is 34.3 Å². The molecule has 3 aliphatic rings. The van der Waals surface area contributed by atoms with Gasteiger partial charge in [-0.1, -0.05) is 0 Å². The van der Waals surface area contributed by atoms with Crippen LogP contribution in [0, 0.1) is 11.8 Å². The number of carbonyl (C=O) groups excluding carboxylic acids is 1. The van der Waals surface area contributed by atoms with Gasteiger partial charge in [-0.15, -0.1) is 0 Å². The van der Waals surface area contributed by atoms with Crippen LogP contribution in [0.2, 0.25) is 0 Å². The van der Waals surface area contributed by atoms with Gasteiger partial charge in [-0.3, -0.25) is 4.79 Å². The van der Waals surface area contributed by atoms with Crippen LogP contribution in [-0.2, 0) is 23.7 Å². The Labute approximate surface area is 153 Å². The molecule has 0 unspecified atom stereocenters. The average molecular weight is 374 g/mol. The molecule has 0 aromatic heterocycles. The maximum Gasteiger partial charge on any atom is 0.172 e. The lowest BCUT2D eigenvalue weighted by molar-refractivity contribution is -0.245. The third kappa shape index (κ3) is 3.44. The molecule has 1 heterocycles. The molecule has 10 atom stereocenters. The standard InChI is InChI=1S/C18H30O8/c1-23-12-6-8(4-5-9(12)19)15-18(25-3)14(22)13-10(20)7-11(21)16(24-2)17(13)26-15/h8-13,15-21H,4-7H2,1-3H3/t8-,9-,10+,11-,12-,13+,15+,16+,17+,18+/m0/s1. The molecule has 8 heteroatoms. The van der Waals surface area contributed by atoms with Gasteiger partial charge in [0, 0.05) is 27.8 Å². The van der Waals surface area contributed by atoms with Crippen molar-refractivity contribution in [2.24, 2.45) is 11.8 Å². The SMILES string of the molecule is CO[C@H]1[C@@H]2O[C@H]([C@H]3CC[C@H](O)[C@@H](OC)C3)[C@H](OC)C(=O)[C@H]2[C@H](O)C[C@@H]1O. The van der Waals surface area contributed by atoms with E-state index in [1.165, 1.54) is 14.2 Å². The molecule has 0 aromatic rings. The number of carbonyl (C=O) groups is 1. The smallest absolute Gasteiger partial charge is 0.172 e. The van der Waals surface area contributed by atoms with Gasteiger partial charge in [0.15, 0.2) is 5.78 Å². The van der Waals surface area contributed by atoms with E-state index in [1.807, 2.05) is 0 Å². The minimum absolute atomic E-state index is 0.0353. The largest absolute Gasteiger partial charge is 0.392 e. The highest BCUT2D eigenvalue weighted by Gasteiger charge is 2.57. The first kappa shape index (κ1) is 20.1. The van der Waals surface area contributed by atoms with E-state index in [-0.39, 0.29) is 24.2 Å². The summed E-state index contributed by atoms with van der Waals surface area (Å²) in [4.78, 5) is 13.1. The Morgan fingerprint density at radius 3 is 2.23 bits per heavy atom. The van der Waals surface area contributed by atoms with E-state index >= 15 is 0 Å². The van der Waals surface area contributed by atoms with E-state index < -0.39 is 48.6 Å². The first-order chi connectivity index (χ1) is 12.4. The average Bonchev–Trinajstić information content (AvgIpc) is 2.61. The van der Waals surface area contributed by atoms with Gasteiger partial charge in [-0.2, -0.15) is 0 Å². The second-order valence-corrected chi connectivity index (χ2v) is 7.64. The highest BCUT2D eigenvalue weighted by Crippen LogP contribution is 2.41. The molecule has 2 saturated carbocycles. The number of fused-ring (bicyclic) bond motifs is 1. The maximum atomic E-state index is 13.1. The Balaban J connectivity index is 1.85. The minimum Gasteiger partial charge on any atom is -0.392 e. The molecule has 3 rings (SSSR count). The zero-order valence-corrected chi connectivity index (χ0v) is 15.5. The second-order valence-electron chi connectivity index (χ2n) is 7.64. The van der Waals surface area contributed by atoms with Gasteiger partial charge >= 0.3 is 0 Å². The van der Waals surface area contributed by atoms with Crippen molar-refractivity contribution >= 4 is 5.78 Å². The second kappa shape index (κ2) is 8.18. The zero-order valence-electron chi connectivity index (χ0n) is 15.5. The summed E-state index contributed by atoms with van der Waals surface area (Å²) in [6.07, 6.45) is -3.62. The van der Waals surface area contributed by atoms with E-state index in [4.69, 9.17) is 18.9 Å². The fraction of sp³-hybridized carbons (Fsp3) is 0.944.